The van der Waals surface area contributed by atoms with E-state index in [1.165, 1.54) is 5.56 Å². The number of nitrogens with zero attached hydrogens (tertiary/aromatic N) is 2. The first-order valence-electron chi connectivity index (χ1n) is 6.44. The Morgan fingerprint density at radius 1 is 1.16 bits per heavy atom. The molecule has 96 valence electrons. The molecule has 19 heavy (non-hydrogen) atoms. The summed E-state index contributed by atoms with van der Waals surface area (Å²) in [5.41, 5.74) is 10.8. The summed E-state index contributed by atoms with van der Waals surface area (Å²) in [6, 6.07) is 10.2. The molecule has 0 saturated heterocycles. The van der Waals surface area contributed by atoms with Crippen molar-refractivity contribution in [2.24, 2.45) is 5.73 Å². The third-order valence-electron chi connectivity index (χ3n) is 3.26. The van der Waals surface area contributed by atoms with E-state index in [-0.39, 0.29) is 0 Å². The molecule has 0 aliphatic carbocycles. The van der Waals surface area contributed by atoms with E-state index in [4.69, 9.17) is 5.73 Å². The first kappa shape index (κ1) is 11.9. The largest absolute Gasteiger partial charge is 0.337 e. The number of nitrogens with one attached hydrogen (secondary N) is 1. The summed E-state index contributed by atoms with van der Waals surface area (Å²) in [6.45, 7) is 2.65. The second-order valence-electron chi connectivity index (χ2n) is 4.55. The molecule has 3 aromatic rings. The van der Waals surface area contributed by atoms with Crippen molar-refractivity contribution in [1.82, 2.24) is 15.0 Å². The Balaban J connectivity index is 2.04. The fourth-order valence-electron chi connectivity index (χ4n) is 2.08. The zero-order valence-electron chi connectivity index (χ0n) is 10.9. The van der Waals surface area contributed by atoms with Gasteiger partial charge in [0.1, 0.15) is 5.69 Å². The van der Waals surface area contributed by atoms with Gasteiger partial charge in [-0.05, 0) is 35.7 Å². The van der Waals surface area contributed by atoms with E-state index >= 15 is 0 Å². The Labute approximate surface area is 111 Å². The van der Waals surface area contributed by atoms with Gasteiger partial charge >= 0.3 is 0 Å². The molecule has 0 atom stereocenters. The average molecular weight is 252 g/mol. The summed E-state index contributed by atoms with van der Waals surface area (Å²) < 4.78 is 0. The number of hydrogen-bond acceptors (Lipinski definition) is 3. The lowest BCUT2D eigenvalue weighted by Gasteiger charge is -1.97. The Hall–Kier alpha value is -2.20. The molecule has 0 aliphatic rings. The Morgan fingerprint density at radius 2 is 2.00 bits per heavy atom. The zero-order chi connectivity index (χ0) is 13.2. The maximum Gasteiger partial charge on any atom is 0.157 e. The SMILES string of the molecule is CCc1ccc2nc(-c3ccc(CN)cn3)[nH]c2c1. The van der Waals surface area contributed by atoms with Crippen LogP contribution in [0.5, 0.6) is 0 Å². The minimum absolute atomic E-state index is 0.507. The van der Waals surface area contributed by atoms with Gasteiger partial charge in [0.15, 0.2) is 5.82 Å². The summed E-state index contributed by atoms with van der Waals surface area (Å²) in [5, 5.41) is 0. The number of aromatic amines is 1. The van der Waals surface area contributed by atoms with Gasteiger partial charge in [-0.15, -0.1) is 0 Å². The van der Waals surface area contributed by atoms with Gasteiger partial charge in [0.2, 0.25) is 0 Å². The van der Waals surface area contributed by atoms with Crippen LogP contribution in [0.15, 0.2) is 36.5 Å². The highest BCUT2D eigenvalue weighted by Gasteiger charge is 2.06. The van der Waals surface area contributed by atoms with Gasteiger partial charge in [0.05, 0.1) is 11.0 Å². The average Bonchev–Trinajstić information content (AvgIpc) is 2.90. The molecule has 2 aromatic heterocycles. The molecule has 3 N–H and O–H groups in total. The number of aromatic nitrogens is 3. The van der Waals surface area contributed by atoms with Crippen LogP contribution in [-0.2, 0) is 13.0 Å². The Bertz CT molecular complexity index is 698. The zero-order valence-corrected chi connectivity index (χ0v) is 10.9. The third kappa shape index (κ3) is 2.22. The quantitative estimate of drug-likeness (QED) is 0.753. The standard InChI is InChI=1S/C15H16N4/c1-2-10-3-5-12-14(7-10)19-15(18-12)13-6-4-11(8-16)9-17-13/h3-7,9H,2,8,16H2,1H3,(H,18,19). The predicted molar refractivity (Wildman–Crippen MR) is 76.6 cm³/mol. The van der Waals surface area contributed by atoms with Crippen molar-refractivity contribution in [1.29, 1.82) is 0 Å². The number of aryl methyl sites for hydroxylation is 1. The van der Waals surface area contributed by atoms with Crippen molar-refractivity contribution < 1.29 is 0 Å². The van der Waals surface area contributed by atoms with E-state index in [1.54, 1.807) is 6.20 Å². The van der Waals surface area contributed by atoms with Gasteiger partial charge < -0.3 is 10.7 Å². The first-order chi connectivity index (χ1) is 9.30. The second-order valence-corrected chi connectivity index (χ2v) is 4.55. The number of rotatable bonds is 3. The molecule has 3 rings (SSSR count). The van der Waals surface area contributed by atoms with Gasteiger partial charge in [-0.1, -0.05) is 19.1 Å². The van der Waals surface area contributed by atoms with E-state index in [9.17, 15) is 0 Å². The molecule has 0 bridgehead atoms. The minimum atomic E-state index is 0.507. The van der Waals surface area contributed by atoms with Gasteiger partial charge in [0.25, 0.3) is 0 Å². The molecular weight excluding hydrogens is 236 g/mol. The lowest BCUT2D eigenvalue weighted by molar-refractivity contribution is 1.05. The number of imidazole rings is 1. The van der Waals surface area contributed by atoms with Crippen molar-refractivity contribution in [3.05, 3.63) is 47.7 Å². The summed E-state index contributed by atoms with van der Waals surface area (Å²) in [7, 11) is 0. The molecule has 0 aliphatic heterocycles. The van der Waals surface area contributed by atoms with Crippen molar-refractivity contribution in [3.8, 4) is 11.5 Å². The lowest BCUT2D eigenvalue weighted by atomic mass is 10.1. The summed E-state index contributed by atoms with van der Waals surface area (Å²) >= 11 is 0. The molecule has 0 fully saturated rings. The van der Waals surface area contributed by atoms with E-state index in [1.807, 2.05) is 18.2 Å². The molecule has 0 radical (unpaired) electrons. The van der Waals surface area contributed by atoms with Crippen LogP contribution in [0, 0.1) is 0 Å². The topological polar surface area (TPSA) is 67.6 Å². The molecule has 0 saturated carbocycles. The molecule has 0 amide bonds. The van der Waals surface area contributed by atoms with Crippen LogP contribution in [0.2, 0.25) is 0 Å². The van der Waals surface area contributed by atoms with Crippen molar-refractivity contribution in [3.63, 3.8) is 0 Å². The van der Waals surface area contributed by atoms with E-state index in [2.05, 4.69) is 34.0 Å². The fourth-order valence-corrected chi connectivity index (χ4v) is 2.08. The van der Waals surface area contributed by atoms with Crippen LogP contribution in [-0.4, -0.2) is 15.0 Å². The highest BCUT2D eigenvalue weighted by Crippen LogP contribution is 2.20. The van der Waals surface area contributed by atoms with Gasteiger partial charge in [0, 0.05) is 12.7 Å². The minimum Gasteiger partial charge on any atom is -0.337 e. The van der Waals surface area contributed by atoms with Crippen LogP contribution in [0.4, 0.5) is 0 Å². The third-order valence-corrected chi connectivity index (χ3v) is 3.26. The normalized spacial score (nSPS) is 11.1. The number of hydrogen-bond donors (Lipinski definition) is 2. The first-order valence-corrected chi connectivity index (χ1v) is 6.44. The molecular formula is C15H16N4. The van der Waals surface area contributed by atoms with Crippen LogP contribution >= 0.6 is 0 Å². The van der Waals surface area contributed by atoms with E-state index < -0.39 is 0 Å². The predicted octanol–water partition coefficient (Wildman–Crippen LogP) is 2.65. The van der Waals surface area contributed by atoms with Crippen LogP contribution in [0.25, 0.3) is 22.6 Å². The van der Waals surface area contributed by atoms with Crippen molar-refractivity contribution in [2.75, 3.05) is 0 Å². The van der Waals surface area contributed by atoms with Crippen molar-refractivity contribution >= 4 is 11.0 Å². The molecule has 4 nitrogen and oxygen atoms in total. The molecule has 4 heteroatoms. The summed E-state index contributed by atoms with van der Waals surface area (Å²) in [6.07, 6.45) is 2.81. The molecule has 0 unspecified atom stereocenters. The maximum absolute atomic E-state index is 5.57. The van der Waals surface area contributed by atoms with Crippen molar-refractivity contribution in [2.45, 2.75) is 19.9 Å². The summed E-state index contributed by atoms with van der Waals surface area (Å²) in [5.74, 6) is 0.798. The highest BCUT2D eigenvalue weighted by atomic mass is 14.9. The van der Waals surface area contributed by atoms with Crippen LogP contribution in [0.1, 0.15) is 18.1 Å². The van der Waals surface area contributed by atoms with Crippen LogP contribution < -0.4 is 5.73 Å². The Morgan fingerprint density at radius 3 is 2.68 bits per heavy atom. The van der Waals surface area contributed by atoms with Gasteiger partial charge in [-0.3, -0.25) is 4.98 Å². The number of pyridine rings is 1. The number of nitrogens with two attached hydrogens (primary N) is 1. The molecule has 2 heterocycles. The fraction of sp³-hybridized carbons (Fsp3) is 0.200. The summed E-state index contributed by atoms with van der Waals surface area (Å²) in [4.78, 5) is 12.3. The van der Waals surface area contributed by atoms with E-state index in [0.29, 0.717) is 6.54 Å². The van der Waals surface area contributed by atoms with E-state index in [0.717, 1.165) is 34.5 Å². The Kier molecular flexibility index (Phi) is 3.01. The molecule has 0 spiro atoms. The number of benzene rings is 1. The van der Waals surface area contributed by atoms with Gasteiger partial charge in [-0.2, -0.15) is 0 Å². The highest BCUT2D eigenvalue weighted by molar-refractivity contribution is 5.79. The number of H-pyrrole nitrogens is 1. The van der Waals surface area contributed by atoms with Crippen LogP contribution in [0.3, 0.4) is 0 Å². The smallest absolute Gasteiger partial charge is 0.157 e. The monoisotopic (exact) mass is 252 g/mol. The number of fused-ring (bicyclic) bond motifs is 1. The second kappa shape index (κ2) is 4.82. The molecule has 1 aromatic carbocycles. The maximum atomic E-state index is 5.57. The lowest BCUT2D eigenvalue weighted by Crippen LogP contribution is -1.97. The van der Waals surface area contributed by atoms with Gasteiger partial charge in [-0.25, -0.2) is 4.98 Å².